The van der Waals surface area contributed by atoms with Gasteiger partial charge >= 0.3 is 0 Å². The lowest BCUT2D eigenvalue weighted by atomic mass is 9.85. The van der Waals surface area contributed by atoms with Crippen molar-refractivity contribution in [2.24, 2.45) is 0 Å². The van der Waals surface area contributed by atoms with Gasteiger partial charge in [0.2, 0.25) is 0 Å². The van der Waals surface area contributed by atoms with Crippen molar-refractivity contribution in [3.63, 3.8) is 0 Å². The SMILES string of the molecule is Cc1ccc(C(=O)Nc2cccn3nc(C4CCC4)nc23)cc1C. The van der Waals surface area contributed by atoms with E-state index in [-0.39, 0.29) is 5.91 Å². The number of carbonyl (C=O) groups excluding carboxylic acids is 1. The molecule has 3 aromatic rings. The van der Waals surface area contributed by atoms with E-state index in [4.69, 9.17) is 0 Å². The molecule has 0 bridgehead atoms. The number of hydrogen-bond acceptors (Lipinski definition) is 3. The summed E-state index contributed by atoms with van der Waals surface area (Å²) in [5, 5.41) is 7.53. The Kier molecular flexibility index (Phi) is 3.56. The van der Waals surface area contributed by atoms with Crippen LogP contribution in [-0.2, 0) is 0 Å². The summed E-state index contributed by atoms with van der Waals surface area (Å²) in [6.07, 6.45) is 5.43. The topological polar surface area (TPSA) is 59.3 Å². The van der Waals surface area contributed by atoms with Crippen molar-refractivity contribution in [3.8, 4) is 0 Å². The van der Waals surface area contributed by atoms with Crippen LogP contribution in [0.25, 0.3) is 5.65 Å². The van der Waals surface area contributed by atoms with E-state index in [1.165, 1.54) is 12.0 Å². The van der Waals surface area contributed by atoms with Crippen molar-refractivity contribution in [2.45, 2.75) is 39.0 Å². The number of benzene rings is 1. The zero-order valence-electron chi connectivity index (χ0n) is 13.9. The van der Waals surface area contributed by atoms with E-state index in [1.54, 1.807) is 4.52 Å². The lowest BCUT2D eigenvalue weighted by molar-refractivity contribution is 0.102. The van der Waals surface area contributed by atoms with Crippen molar-refractivity contribution < 1.29 is 4.79 Å². The van der Waals surface area contributed by atoms with Crippen molar-refractivity contribution in [1.29, 1.82) is 0 Å². The Hall–Kier alpha value is -2.69. The summed E-state index contributed by atoms with van der Waals surface area (Å²) in [5.41, 5.74) is 4.33. The van der Waals surface area contributed by atoms with Crippen LogP contribution in [0.15, 0.2) is 36.5 Å². The molecular weight excluding hydrogens is 300 g/mol. The summed E-state index contributed by atoms with van der Waals surface area (Å²) < 4.78 is 1.75. The molecule has 1 N–H and O–H groups in total. The smallest absolute Gasteiger partial charge is 0.255 e. The minimum Gasteiger partial charge on any atom is -0.319 e. The fraction of sp³-hybridized carbons (Fsp3) is 0.316. The van der Waals surface area contributed by atoms with E-state index in [0.29, 0.717) is 22.8 Å². The number of aromatic nitrogens is 3. The van der Waals surface area contributed by atoms with Crippen LogP contribution in [0.2, 0.25) is 0 Å². The monoisotopic (exact) mass is 320 g/mol. The fourth-order valence-corrected chi connectivity index (χ4v) is 2.94. The number of rotatable bonds is 3. The van der Waals surface area contributed by atoms with Gasteiger partial charge in [-0.25, -0.2) is 9.50 Å². The van der Waals surface area contributed by atoms with Gasteiger partial charge in [-0.3, -0.25) is 4.79 Å². The van der Waals surface area contributed by atoms with Gasteiger partial charge in [0.25, 0.3) is 5.91 Å². The van der Waals surface area contributed by atoms with Crippen LogP contribution in [-0.4, -0.2) is 20.5 Å². The van der Waals surface area contributed by atoms with Gasteiger partial charge in [-0.1, -0.05) is 12.5 Å². The van der Waals surface area contributed by atoms with Gasteiger partial charge in [-0.2, -0.15) is 5.10 Å². The maximum atomic E-state index is 12.6. The van der Waals surface area contributed by atoms with Crippen LogP contribution in [0.3, 0.4) is 0 Å². The molecule has 2 heterocycles. The van der Waals surface area contributed by atoms with E-state index in [1.807, 2.05) is 50.4 Å². The summed E-state index contributed by atoms with van der Waals surface area (Å²) in [6, 6.07) is 9.47. The number of anilines is 1. The van der Waals surface area contributed by atoms with Crippen molar-refractivity contribution in [3.05, 3.63) is 59.0 Å². The third-order valence-corrected chi connectivity index (χ3v) is 4.87. The van der Waals surface area contributed by atoms with E-state index in [0.717, 1.165) is 24.2 Å². The molecule has 1 saturated carbocycles. The van der Waals surface area contributed by atoms with E-state index >= 15 is 0 Å². The predicted octanol–water partition coefficient (Wildman–Crippen LogP) is 3.87. The standard InChI is InChI=1S/C19H20N4O/c1-12-8-9-15(11-13(12)2)19(24)20-16-7-4-10-23-18(16)21-17(22-23)14-5-3-6-14/h4,7-11,14H,3,5-6H2,1-2H3,(H,20,24). The number of pyridine rings is 1. The molecule has 1 aromatic carbocycles. The quantitative estimate of drug-likeness (QED) is 0.797. The largest absolute Gasteiger partial charge is 0.319 e. The van der Waals surface area contributed by atoms with Gasteiger partial charge in [-0.15, -0.1) is 0 Å². The first-order valence-corrected chi connectivity index (χ1v) is 8.36. The van der Waals surface area contributed by atoms with E-state index in [2.05, 4.69) is 15.4 Å². The number of amides is 1. The molecule has 0 saturated heterocycles. The molecule has 122 valence electrons. The molecule has 2 aromatic heterocycles. The Morgan fingerprint density at radius 2 is 2.04 bits per heavy atom. The Labute approximate surface area is 140 Å². The number of fused-ring (bicyclic) bond motifs is 1. The number of nitrogens with zero attached hydrogens (tertiary/aromatic N) is 3. The molecule has 0 unspecified atom stereocenters. The maximum Gasteiger partial charge on any atom is 0.255 e. The highest BCUT2D eigenvalue weighted by atomic mass is 16.1. The zero-order valence-corrected chi connectivity index (χ0v) is 13.9. The molecule has 24 heavy (non-hydrogen) atoms. The normalized spacial score (nSPS) is 14.6. The Morgan fingerprint density at radius 1 is 1.21 bits per heavy atom. The van der Waals surface area contributed by atoms with Gasteiger partial charge in [0, 0.05) is 17.7 Å². The first kappa shape index (κ1) is 14.9. The second-order valence-corrected chi connectivity index (χ2v) is 6.54. The Morgan fingerprint density at radius 3 is 2.75 bits per heavy atom. The van der Waals surface area contributed by atoms with Crippen LogP contribution in [0.5, 0.6) is 0 Å². The third kappa shape index (κ3) is 2.56. The van der Waals surface area contributed by atoms with E-state index in [9.17, 15) is 4.79 Å². The van der Waals surface area contributed by atoms with Crippen LogP contribution >= 0.6 is 0 Å². The third-order valence-electron chi connectivity index (χ3n) is 4.87. The van der Waals surface area contributed by atoms with Crippen molar-refractivity contribution in [1.82, 2.24) is 14.6 Å². The average Bonchev–Trinajstić information content (AvgIpc) is 2.92. The number of nitrogens with one attached hydrogen (secondary N) is 1. The first-order chi connectivity index (χ1) is 11.6. The Bertz CT molecular complexity index is 924. The molecule has 0 radical (unpaired) electrons. The summed E-state index contributed by atoms with van der Waals surface area (Å²) in [5.74, 6) is 1.22. The number of hydrogen-bond donors (Lipinski definition) is 1. The first-order valence-electron chi connectivity index (χ1n) is 8.36. The molecule has 5 heteroatoms. The maximum absolute atomic E-state index is 12.6. The molecule has 1 fully saturated rings. The molecule has 0 aliphatic heterocycles. The molecule has 1 aliphatic carbocycles. The van der Waals surface area contributed by atoms with Crippen LogP contribution < -0.4 is 5.32 Å². The Balaban J connectivity index is 1.64. The number of aryl methyl sites for hydroxylation is 2. The molecule has 0 atom stereocenters. The summed E-state index contributed by atoms with van der Waals surface area (Å²) in [7, 11) is 0. The fourth-order valence-electron chi connectivity index (χ4n) is 2.94. The molecule has 1 aliphatic rings. The lowest BCUT2D eigenvalue weighted by Crippen LogP contribution is -2.13. The summed E-state index contributed by atoms with van der Waals surface area (Å²) in [4.78, 5) is 17.2. The van der Waals surface area contributed by atoms with Crippen molar-refractivity contribution in [2.75, 3.05) is 5.32 Å². The van der Waals surface area contributed by atoms with Gasteiger partial charge in [0.05, 0.1) is 5.69 Å². The predicted molar refractivity (Wildman–Crippen MR) is 93.4 cm³/mol. The van der Waals surface area contributed by atoms with E-state index < -0.39 is 0 Å². The molecule has 1 amide bonds. The molecule has 4 rings (SSSR count). The molecule has 5 nitrogen and oxygen atoms in total. The minimum atomic E-state index is -0.126. The van der Waals surface area contributed by atoms with Gasteiger partial charge < -0.3 is 5.32 Å². The summed E-state index contributed by atoms with van der Waals surface area (Å²) >= 11 is 0. The van der Waals surface area contributed by atoms with Gasteiger partial charge in [-0.05, 0) is 62.1 Å². The van der Waals surface area contributed by atoms with Crippen molar-refractivity contribution >= 4 is 17.2 Å². The second-order valence-electron chi connectivity index (χ2n) is 6.54. The zero-order chi connectivity index (χ0) is 16.7. The second kappa shape index (κ2) is 5.74. The lowest BCUT2D eigenvalue weighted by Gasteiger charge is -2.21. The minimum absolute atomic E-state index is 0.126. The highest BCUT2D eigenvalue weighted by molar-refractivity contribution is 6.06. The summed E-state index contributed by atoms with van der Waals surface area (Å²) in [6.45, 7) is 4.05. The van der Waals surface area contributed by atoms with Crippen LogP contribution in [0, 0.1) is 13.8 Å². The van der Waals surface area contributed by atoms with Gasteiger partial charge in [0.1, 0.15) is 0 Å². The highest BCUT2D eigenvalue weighted by Crippen LogP contribution is 2.35. The highest BCUT2D eigenvalue weighted by Gasteiger charge is 2.24. The van der Waals surface area contributed by atoms with Crippen LogP contribution in [0.1, 0.15) is 52.5 Å². The number of carbonyl (C=O) groups is 1. The molecular formula is C19H20N4O. The van der Waals surface area contributed by atoms with Gasteiger partial charge in [0.15, 0.2) is 11.5 Å². The van der Waals surface area contributed by atoms with Crippen LogP contribution in [0.4, 0.5) is 5.69 Å². The average molecular weight is 320 g/mol. The molecule has 0 spiro atoms.